The van der Waals surface area contributed by atoms with E-state index in [1.54, 1.807) is 0 Å². The van der Waals surface area contributed by atoms with Crippen molar-refractivity contribution >= 4 is 83.1 Å². The third-order valence-corrected chi connectivity index (χ3v) is 9.30. The summed E-state index contributed by atoms with van der Waals surface area (Å²) in [6.07, 6.45) is 17.6. The zero-order valence-corrected chi connectivity index (χ0v) is 21.9. The monoisotopic (exact) mass is 537 g/mol. The van der Waals surface area contributed by atoms with Crippen molar-refractivity contribution in [2.75, 3.05) is 5.73 Å². The standard InChI is InChI=1S/C12H11ClN4S.C12H13N5S/c2*13-12-14-5-8-10-9(6-15-18-10)17(11(8)16-12)7-3-1-2-4-7/h5-7H,1-4H2;5-7H,1-4H2,(H2,13,14,16). The van der Waals surface area contributed by atoms with Gasteiger partial charge in [0.15, 0.2) is 0 Å². The molecule has 12 heteroatoms. The summed E-state index contributed by atoms with van der Waals surface area (Å²) in [6.45, 7) is 0. The van der Waals surface area contributed by atoms with Gasteiger partial charge in [0.05, 0.1) is 43.6 Å². The first-order valence-electron chi connectivity index (χ1n) is 12.3. The minimum atomic E-state index is 0.319. The highest BCUT2D eigenvalue weighted by Crippen LogP contribution is 2.40. The van der Waals surface area contributed by atoms with Gasteiger partial charge in [0.2, 0.25) is 11.2 Å². The Hall–Kier alpha value is -2.89. The number of rotatable bonds is 2. The second-order valence-electron chi connectivity index (χ2n) is 9.54. The van der Waals surface area contributed by atoms with Crippen LogP contribution in [0.1, 0.15) is 63.5 Å². The topological polar surface area (TPSA) is 113 Å². The molecule has 9 nitrogen and oxygen atoms in total. The van der Waals surface area contributed by atoms with Crippen LogP contribution in [0, 0.1) is 0 Å². The average Bonchev–Trinajstić information content (AvgIpc) is 3.70. The predicted octanol–water partition coefficient (Wildman–Crippen LogP) is 6.55. The molecular weight excluding hydrogens is 514 g/mol. The van der Waals surface area contributed by atoms with Crippen LogP contribution < -0.4 is 5.73 Å². The maximum atomic E-state index is 5.94. The fourth-order valence-electron chi connectivity index (χ4n) is 5.90. The van der Waals surface area contributed by atoms with Gasteiger partial charge in [-0.05, 0) is 60.3 Å². The molecule has 2 N–H and O–H groups in total. The molecule has 2 aliphatic rings. The summed E-state index contributed by atoms with van der Waals surface area (Å²) in [5, 5.41) is 2.47. The normalized spacial score (nSPS) is 17.1. The van der Waals surface area contributed by atoms with Crippen LogP contribution in [0.15, 0.2) is 24.8 Å². The van der Waals surface area contributed by atoms with Gasteiger partial charge in [-0.2, -0.15) is 18.7 Å². The SMILES string of the molecule is Clc1ncc2c3sncc3n(C3CCCC3)c2n1.Nc1ncc2c3sncc3n(C3CCCC3)c2n1. The highest BCUT2D eigenvalue weighted by atomic mass is 35.5. The molecule has 0 spiro atoms. The predicted molar refractivity (Wildman–Crippen MR) is 146 cm³/mol. The third kappa shape index (κ3) is 3.55. The molecule has 6 aromatic rings. The molecule has 36 heavy (non-hydrogen) atoms. The molecule has 2 fully saturated rings. The van der Waals surface area contributed by atoms with E-state index in [0.717, 1.165) is 22.1 Å². The summed E-state index contributed by atoms with van der Waals surface area (Å²) in [5.41, 5.74) is 10.0. The summed E-state index contributed by atoms with van der Waals surface area (Å²) in [7, 11) is 0. The molecule has 0 unspecified atom stereocenters. The quantitative estimate of drug-likeness (QED) is 0.249. The molecule has 0 aliphatic heterocycles. The molecule has 0 radical (unpaired) electrons. The van der Waals surface area contributed by atoms with Gasteiger partial charge in [0.1, 0.15) is 11.3 Å². The Bertz CT molecular complexity index is 1580. The number of hydrogen-bond acceptors (Lipinski definition) is 9. The lowest BCUT2D eigenvalue weighted by atomic mass is 10.2. The van der Waals surface area contributed by atoms with Gasteiger partial charge in [0.25, 0.3) is 0 Å². The number of nitrogens with two attached hydrogens (primary N) is 1. The number of nitrogens with zero attached hydrogens (tertiary/aromatic N) is 8. The number of aromatic nitrogens is 8. The summed E-state index contributed by atoms with van der Waals surface area (Å²) in [5.74, 6) is 0.347. The second kappa shape index (κ2) is 8.89. The first-order chi connectivity index (χ1) is 17.7. The Balaban J connectivity index is 0.000000122. The van der Waals surface area contributed by atoms with E-state index in [-0.39, 0.29) is 0 Å². The van der Waals surface area contributed by atoms with E-state index in [1.807, 2.05) is 24.8 Å². The summed E-state index contributed by atoms with van der Waals surface area (Å²) in [6, 6.07) is 1.07. The lowest BCUT2D eigenvalue weighted by Gasteiger charge is -2.13. The molecule has 0 saturated heterocycles. The zero-order chi connectivity index (χ0) is 24.2. The molecule has 8 rings (SSSR count). The highest BCUT2D eigenvalue weighted by Gasteiger charge is 2.25. The maximum Gasteiger partial charge on any atom is 0.224 e. The van der Waals surface area contributed by atoms with E-state index >= 15 is 0 Å². The first kappa shape index (κ1) is 22.3. The van der Waals surface area contributed by atoms with Crippen molar-refractivity contribution < 1.29 is 0 Å². The van der Waals surface area contributed by atoms with E-state index in [1.165, 1.54) is 94.9 Å². The maximum absolute atomic E-state index is 5.94. The van der Waals surface area contributed by atoms with Gasteiger partial charge in [-0.3, -0.25) is 0 Å². The van der Waals surface area contributed by atoms with Gasteiger partial charge < -0.3 is 14.9 Å². The molecule has 2 aliphatic carbocycles. The smallest absolute Gasteiger partial charge is 0.224 e. The van der Waals surface area contributed by atoms with Gasteiger partial charge in [0, 0.05) is 24.5 Å². The van der Waals surface area contributed by atoms with Crippen molar-refractivity contribution in [1.82, 2.24) is 37.8 Å². The summed E-state index contributed by atoms with van der Waals surface area (Å²) in [4.78, 5) is 17.1. The van der Waals surface area contributed by atoms with Gasteiger partial charge in [-0.1, -0.05) is 25.7 Å². The molecule has 0 aromatic carbocycles. The third-order valence-electron chi connectivity index (χ3n) is 7.47. The van der Waals surface area contributed by atoms with Crippen molar-refractivity contribution in [3.05, 3.63) is 30.1 Å². The van der Waals surface area contributed by atoms with E-state index in [9.17, 15) is 0 Å². The number of anilines is 1. The fourth-order valence-corrected chi connectivity index (χ4v) is 7.52. The zero-order valence-electron chi connectivity index (χ0n) is 19.5. The van der Waals surface area contributed by atoms with Crippen LogP contribution in [0.5, 0.6) is 0 Å². The molecule has 2 saturated carbocycles. The van der Waals surface area contributed by atoms with E-state index in [0.29, 0.717) is 23.3 Å². The molecule has 0 bridgehead atoms. The molecule has 0 atom stereocenters. The Morgan fingerprint density at radius 3 is 1.78 bits per heavy atom. The van der Waals surface area contributed by atoms with Crippen LogP contribution in [0.25, 0.3) is 42.5 Å². The molecule has 0 amide bonds. The van der Waals surface area contributed by atoms with Crippen molar-refractivity contribution in [3.8, 4) is 0 Å². The van der Waals surface area contributed by atoms with E-state index < -0.39 is 0 Å². The van der Waals surface area contributed by atoms with Crippen LogP contribution in [-0.2, 0) is 0 Å². The molecule has 6 aromatic heterocycles. The minimum Gasteiger partial charge on any atom is -0.368 e. The average molecular weight is 538 g/mol. The van der Waals surface area contributed by atoms with Crippen molar-refractivity contribution in [1.29, 1.82) is 0 Å². The largest absolute Gasteiger partial charge is 0.368 e. The lowest BCUT2D eigenvalue weighted by Crippen LogP contribution is -2.06. The highest BCUT2D eigenvalue weighted by molar-refractivity contribution is 7.14. The Labute approximate surface area is 219 Å². The number of hydrogen-bond donors (Lipinski definition) is 1. The Morgan fingerprint density at radius 2 is 1.22 bits per heavy atom. The lowest BCUT2D eigenvalue weighted by molar-refractivity contribution is 0.547. The minimum absolute atomic E-state index is 0.319. The van der Waals surface area contributed by atoms with Gasteiger partial charge in [-0.25, -0.2) is 9.97 Å². The molecule has 6 heterocycles. The number of fused-ring (bicyclic) bond motifs is 6. The first-order valence-corrected chi connectivity index (χ1v) is 14.2. The number of nitrogen functional groups attached to an aromatic ring is 1. The molecular formula is C24H24ClN9S2. The van der Waals surface area contributed by atoms with Crippen LogP contribution in [0.2, 0.25) is 5.28 Å². The number of halogens is 1. The van der Waals surface area contributed by atoms with Crippen molar-refractivity contribution in [2.45, 2.75) is 63.5 Å². The summed E-state index contributed by atoms with van der Waals surface area (Å²) < 4.78 is 15.6. The van der Waals surface area contributed by atoms with Crippen molar-refractivity contribution in [2.24, 2.45) is 0 Å². The Kier molecular flexibility index (Phi) is 5.51. The van der Waals surface area contributed by atoms with E-state index in [4.69, 9.17) is 17.3 Å². The van der Waals surface area contributed by atoms with Crippen LogP contribution in [-0.4, -0.2) is 37.8 Å². The fraction of sp³-hybridized carbons (Fsp3) is 0.417. The van der Waals surface area contributed by atoms with Gasteiger partial charge >= 0.3 is 0 Å². The van der Waals surface area contributed by atoms with Crippen LogP contribution in [0.4, 0.5) is 5.95 Å². The van der Waals surface area contributed by atoms with Crippen LogP contribution >= 0.6 is 34.7 Å². The van der Waals surface area contributed by atoms with Crippen molar-refractivity contribution in [3.63, 3.8) is 0 Å². The van der Waals surface area contributed by atoms with E-state index in [2.05, 4.69) is 37.8 Å². The second-order valence-corrected chi connectivity index (χ2v) is 11.5. The van der Waals surface area contributed by atoms with Crippen LogP contribution in [0.3, 0.4) is 0 Å². The van der Waals surface area contributed by atoms with Gasteiger partial charge in [-0.15, -0.1) is 0 Å². The molecule has 184 valence electrons. The summed E-state index contributed by atoms with van der Waals surface area (Å²) >= 11 is 8.96. The Morgan fingerprint density at radius 1 is 0.722 bits per heavy atom.